The molecule has 8 bridgehead atoms. The van der Waals surface area contributed by atoms with Crippen molar-refractivity contribution in [3.8, 4) is 33.4 Å². The fraction of sp³-hybridized carbons (Fsp3) is 0.270. The Morgan fingerprint density at radius 1 is 0.240 bits per heavy atom. The van der Waals surface area contributed by atoms with Gasteiger partial charge in [-0.05, 0) is 219 Å². The Bertz CT molecular complexity index is 3330. The summed E-state index contributed by atoms with van der Waals surface area (Å²) in [6.07, 6.45) is 15.8. The van der Waals surface area contributed by atoms with E-state index < -0.39 is 0 Å². The van der Waals surface area contributed by atoms with Crippen LogP contribution in [0.4, 0.5) is 17.1 Å². The van der Waals surface area contributed by atoms with Gasteiger partial charge in [-0.25, -0.2) is 0 Å². The zero-order chi connectivity index (χ0) is 49.7. The number of nitrogens with zero attached hydrogens (tertiary/aromatic N) is 1. The molecule has 0 aliphatic heterocycles. The van der Waals surface area contributed by atoms with Crippen molar-refractivity contribution in [2.45, 2.75) is 104 Å². The van der Waals surface area contributed by atoms with Gasteiger partial charge in [-0.15, -0.1) is 0 Å². The molecule has 8 saturated carbocycles. The molecule has 8 aliphatic rings. The second-order valence-electron chi connectivity index (χ2n) is 25.0. The highest BCUT2D eigenvalue weighted by Crippen LogP contribution is 2.75. The molecule has 0 unspecified atom stereocenters. The minimum Gasteiger partial charge on any atom is -0.311 e. The third-order valence-corrected chi connectivity index (χ3v) is 20.4. The molecular weight excluding hydrogens is 903 g/mol. The number of hydrogen-bond acceptors (Lipinski definition) is 1. The summed E-state index contributed by atoms with van der Waals surface area (Å²) in [5.74, 6) is 2.81. The average Bonchev–Trinajstić information content (AvgIpc) is 3.47. The maximum Gasteiger partial charge on any atom is 0.0462 e. The summed E-state index contributed by atoms with van der Waals surface area (Å²) in [6, 6.07) is 93.2. The molecule has 0 atom stereocenters. The van der Waals surface area contributed by atoms with Gasteiger partial charge in [-0.1, -0.05) is 206 Å². The van der Waals surface area contributed by atoms with Gasteiger partial charge in [-0.2, -0.15) is 0 Å². The second-order valence-corrected chi connectivity index (χ2v) is 25.0. The van der Waals surface area contributed by atoms with E-state index in [9.17, 15) is 0 Å². The zero-order valence-electron chi connectivity index (χ0n) is 43.3. The molecule has 0 N–H and O–H groups in total. The first-order chi connectivity index (χ1) is 36.9. The molecule has 0 saturated heterocycles. The number of anilines is 3. The van der Waals surface area contributed by atoms with Crippen molar-refractivity contribution < 1.29 is 0 Å². The highest BCUT2D eigenvalue weighted by atomic mass is 15.1. The maximum absolute atomic E-state index is 2.59. The van der Waals surface area contributed by atoms with Crippen LogP contribution < -0.4 is 4.90 Å². The van der Waals surface area contributed by atoms with E-state index in [2.05, 4.69) is 248 Å². The van der Waals surface area contributed by atoms with Gasteiger partial charge >= 0.3 is 0 Å². The summed E-state index contributed by atoms with van der Waals surface area (Å²) < 4.78 is 0. The van der Waals surface area contributed by atoms with Crippen LogP contribution in [0.1, 0.15) is 105 Å². The van der Waals surface area contributed by atoms with E-state index in [1.54, 1.807) is 5.56 Å². The minimum atomic E-state index is 0.0112. The fourth-order valence-electron chi connectivity index (χ4n) is 18.2. The summed E-state index contributed by atoms with van der Waals surface area (Å²) in [6.45, 7) is 0. The Balaban J connectivity index is 0.786. The van der Waals surface area contributed by atoms with Gasteiger partial charge in [0.2, 0.25) is 0 Å². The molecule has 0 radical (unpaired) electrons. The Labute approximate surface area is 445 Å². The molecule has 17 rings (SSSR count). The Hall–Kier alpha value is -7.22. The lowest BCUT2D eigenvalue weighted by atomic mass is 9.32. The molecule has 8 aliphatic carbocycles. The van der Waals surface area contributed by atoms with Crippen LogP contribution in [-0.4, -0.2) is 0 Å². The molecule has 9 aromatic carbocycles. The molecular formula is C74H67N. The molecule has 9 aromatic rings. The first kappa shape index (κ1) is 45.2. The standard InChI is InChI=1S/C74H67N/c1-5-15-56(16-6-1)57-27-33-67(34-28-57)75(68-35-29-58(30-36-68)60-17-13-25-65(42-60)70-44-53-39-54(45-70)41-55(40-53)46-70)69-37-31-59(32-38-69)61-18-14-26-66(43-61)74-50-71(62-19-7-2-8-20-62)47-72(51-74,63-21-9-3-10-22-63)49-73(48-71,52-74)64-23-11-4-12-24-64/h1-38,42-43,53-55H,39-41,44-52H2. The van der Waals surface area contributed by atoms with E-state index in [4.69, 9.17) is 0 Å². The van der Waals surface area contributed by atoms with E-state index in [1.165, 1.54) is 133 Å². The number of rotatable bonds is 11. The molecule has 0 spiro atoms. The van der Waals surface area contributed by atoms with Gasteiger partial charge in [0.1, 0.15) is 0 Å². The van der Waals surface area contributed by atoms with Crippen LogP contribution in [0.25, 0.3) is 33.4 Å². The van der Waals surface area contributed by atoms with E-state index in [-0.39, 0.29) is 21.7 Å². The predicted octanol–water partition coefficient (Wildman–Crippen LogP) is 19.1. The molecule has 1 nitrogen and oxygen atoms in total. The molecule has 368 valence electrons. The van der Waals surface area contributed by atoms with E-state index in [0.29, 0.717) is 5.41 Å². The van der Waals surface area contributed by atoms with Crippen molar-refractivity contribution in [3.05, 3.63) is 270 Å². The molecule has 0 aromatic heterocycles. The number of benzene rings is 9. The lowest BCUT2D eigenvalue weighted by molar-refractivity contribution is -0.0691. The van der Waals surface area contributed by atoms with Crippen molar-refractivity contribution in [1.82, 2.24) is 0 Å². The fourth-order valence-corrected chi connectivity index (χ4v) is 18.2. The van der Waals surface area contributed by atoms with Crippen LogP contribution in [0.5, 0.6) is 0 Å². The normalized spacial score (nSPS) is 28.8. The second kappa shape index (κ2) is 17.4. The lowest BCUT2D eigenvalue weighted by Gasteiger charge is -2.71. The largest absolute Gasteiger partial charge is 0.311 e. The molecule has 1 heteroatoms. The summed E-state index contributed by atoms with van der Waals surface area (Å²) in [5, 5.41) is 0. The highest BCUT2D eigenvalue weighted by Gasteiger charge is 2.69. The van der Waals surface area contributed by atoms with Crippen molar-refractivity contribution >= 4 is 17.1 Å². The topological polar surface area (TPSA) is 3.24 Å². The average molecular weight is 970 g/mol. The van der Waals surface area contributed by atoms with Crippen LogP contribution in [0.15, 0.2) is 243 Å². The first-order valence-electron chi connectivity index (χ1n) is 28.4. The maximum atomic E-state index is 2.59. The SMILES string of the molecule is c1ccc(-c2ccc(N(c3ccc(-c4cccc(C56CC7CC(CC(C7)C5)C6)c4)cc3)c3ccc(-c4cccc(C56CC7(c8ccccc8)CC(c8ccccc8)(CC(c8ccccc8)(C7)C5)C6)c4)cc3)cc2)cc1. The van der Waals surface area contributed by atoms with Crippen LogP contribution in [-0.2, 0) is 27.1 Å². The highest BCUT2D eigenvalue weighted by molar-refractivity contribution is 5.81. The summed E-state index contributed by atoms with van der Waals surface area (Å²) in [5.41, 5.74) is 19.4. The molecule has 0 heterocycles. The van der Waals surface area contributed by atoms with Crippen LogP contribution in [0, 0.1) is 17.8 Å². The molecule has 75 heavy (non-hydrogen) atoms. The van der Waals surface area contributed by atoms with Crippen molar-refractivity contribution in [2.24, 2.45) is 17.8 Å². The van der Waals surface area contributed by atoms with Crippen LogP contribution in [0.2, 0.25) is 0 Å². The molecule has 8 fully saturated rings. The first-order valence-corrected chi connectivity index (χ1v) is 28.4. The number of hydrogen-bond donors (Lipinski definition) is 0. The van der Waals surface area contributed by atoms with Gasteiger partial charge < -0.3 is 4.90 Å². The quantitative estimate of drug-likeness (QED) is 0.125. The molecule has 0 amide bonds. The predicted molar refractivity (Wildman–Crippen MR) is 311 cm³/mol. The Kier molecular flexibility index (Phi) is 10.5. The third kappa shape index (κ3) is 7.62. The van der Waals surface area contributed by atoms with E-state index in [0.717, 1.165) is 34.8 Å². The van der Waals surface area contributed by atoms with Crippen molar-refractivity contribution in [1.29, 1.82) is 0 Å². The van der Waals surface area contributed by atoms with Gasteiger partial charge in [-0.3, -0.25) is 0 Å². The summed E-state index contributed by atoms with van der Waals surface area (Å²) >= 11 is 0. The lowest BCUT2D eigenvalue weighted by Crippen LogP contribution is -2.67. The smallest absolute Gasteiger partial charge is 0.0462 e. The van der Waals surface area contributed by atoms with Crippen LogP contribution >= 0.6 is 0 Å². The van der Waals surface area contributed by atoms with Crippen molar-refractivity contribution in [2.75, 3.05) is 4.90 Å². The van der Waals surface area contributed by atoms with Gasteiger partial charge in [0.25, 0.3) is 0 Å². The Morgan fingerprint density at radius 2 is 0.507 bits per heavy atom. The van der Waals surface area contributed by atoms with Gasteiger partial charge in [0, 0.05) is 17.1 Å². The summed E-state index contributed by atoms with van der Waals surface area (Å²) in [4.78, 5) is 2.44. The van der Waals surface area contributed by atoms with Crippen LogP contribution in [0.3, 0.4) is 0 Å². The van der Waals surface area contributed by atoms with Gasteiger partial charge in [0.15, 0.2) is 0 Å². The van der Waals surface area contributed by atoms with E-state index >= 15 is 0 Å². The minimum absolute atomic E-state index is 0.0112. The van der Waals surface area contributed by atoms with Gasteiger partial charge in [0.05, 0.1) is 0 Å². The Morgan fingerprint density at radius 3 is 0.867 bits per heavy atom. The zero-order valence-corrected chi connectivity index (χ0v) is 43.3. The third-order valence-electron chi connectivity index (χ3n) is 20.4. The summed E-state index contributed by atoms with van der Waals surface area (Å²) in [7, 11) is 0. The van der Waals surface area contributed by atoms with Crippen molar-refractivity contribution in [3.63, 3.8) is 0 Å². The van der Waals surface area contributed by atoms with E-state index in [1.807, 2.05) is 0 Å². The monoisotopic (exact) mass is 970 g/mol.